The number of hydrogen-bond acceptors (Lipinski definition) is 3. The maximum absolute atomic E-state index is 6.30. The van der Waals surface area contributed by atoms with Gasteiger partial charge in [-0.2, -0.15) is 0 Å². The minimum absolute atomic E-state index is 0.666. The molecule has 1 saturated carbocycles. The molecule has 1 aliphatic heterocycles. The number of nitrogens with zero attached hydrogens (tertiary/aromatic N) is 1. The van der Waals surface area contributed by atoms with E-state index in [4.69, 9.17) is 10.5 Å². The van der Waals surface area contributed by atoms with Gasteiger partial charge in [0, 0.05) is 12.6 Å². The summed E-state index contributed by atoms with van der Waals surface area (Å²) in [5.41, 5.74) is 8.30. The molecule has 2 atom stereocenters. The highest BCUT2D eigenvalue weighted by molar-refractivity contribution is 5.74. The summed E-state index contributed by atoms with van der Waals surface area (Å²) in [6, 6.07) is 6.88. The number of benzene rings is 1. The summed E-state index contributed by atoms with van der Waals surface area (Å²) in [6.45, 7) is 3.81. The molecule has 1 aliphatic carbocycles. The van der Waals surface area contributed by atoms with Gasteiger partial charge < -0.3 is 15.4 Å². The summed E-state index contributed by atoms with van der Waals surface area (Å²) in [5, 5.41) is 0. The van der Waals surface area contributed by atoms with Gasteiger partial charge in [-0.25, -0.2) is 0 Å². The van der Waals surface area contributed by atoms with Gasteiger partial charge >= 0.3 is 0 Å². The van der Waals surface area contributed by atoms with Crippen LogP contribution in [0.25, 0.3) is 0 Å². The van der Waals surface area contributed by atoms with E-state index in [1.165, 1.54) is 37.8 Å². The number of fused-ring (bicyclic) bond motifs is 1. The van der Waals surface area contributed by atoms with Crippen molar-refractivity contribution in [3.05, 3.63) is 18.2 Å². The van der Waals surface area contributed by atoms with Gasteiger partial charge in [0.05, 0.1) is 18.0 Å². The van der Waals surface area contributed by atoms with Crippen molar-refractivity contribution in [3.8, 4) is 5.75 Å². The zero-order chi connectivity index (χ0) is 13.2. The van der Waals surface area contributed by atoms with Crippen LogP contribution in [0.3, 0.4) is 0 Å². The number of hydrogen-bond donors (Lipinski definition) is 1. The second kappa shape index (κ2) is 5.32. The van der Waals surface area contributed by atoms with E-state index in [-0.39, 0.29) is 0 Å². The van der Waals surface area contributed by atoms with Crippen LogP contribution in [0.2, 0.25) is 0 Å². The van der Waals surface area contributed by atoms with Crippen molar-refractivity contribution < 1.29 is 4.74 Å². The van der Waals surface area contributed by atoms with Crippen LogP contribution in [0.1, 0.15) is 39.0 Å². The van der Waals surface area contributed by atoms with Crippen molar-refractivity contribution in [1.82, 2.24) is 0 Å². The maximum Gasteiger partial charge on any atom is 0.144 e. The van der Waals surface area contributed by atoms with Crippen LogP contribution in [0.5, 0.6) is 5.75 Å². The lowest BCUT2D eigenvalue weighted by molar-refractivity contribution is 0.339. The van der Waals surface area contributed by atoms with Crippen molar-refractivity contribution in [2.45, 2.75) is 45.1 Å². The van der Waals surface area contributed by atoms with Gasteiger partial charge in [-0.05, 0) is 44.2 Å². The van der Waals surface area contributed by atoms with Gasteiger partial charge in [0.25, 0.3) is 0 Å². The third-order valence-electron chi connectivity index (χ3n) is 4.66. The van der Waals surface area contributed by atoms with Gasteiger partial charge in [-0.3, -0.25) is 0 Å². The van der Waals surface area contributed by atoms with Crippen LogP contribution in [0.4, 0.5) is 11.4 Å². The normalized spacial score (nSPS) is 26.3. The van der Waals surface area contributed by atoms with Crippen LogP contribution in [-0.4, -0.2) is 19.2 Å². The molecular weight excluding hydrogens is 236 g/mol. The molecule has 0 bridgehead atoms. The van der Waals surface area contributed by atoms with Gasteiger partial charge in [0.1, 0.15) is 5.75 Å². The average Bonchev–Trinajstić information content (AvgIpc) is 2.85. The Balaban J connectivity index is 1.87. The van der Waals surface area contributed by atoms with Crippen molar-refractivity contribution in [1.29, 1.82) is 0 Å². The molecule has 0 radical (unpaired) electrons. The first kappa shape index (κ1) is 12.6. The lowest BCUT2D eigenvalue weighted by Gasteiger charge is -2.34. The quantitative estimate of drug-likeness (QED) is 0.846. The minimum atomic E-state index is 0.666. The average molecular weight is 260 g/mol. The first-order chi connectivity index (χ1) is 9.31. The molecule has 2 fully saturated rings. The van der Waals surface area contributed by atoms with E-state index in [1.54, 1.807) is 0 Å². The molecule has 0 aromatic heterocycles. The highest BCUT2D eigenvalue weighted by atomic mass is 16.5. The molecule has 0 amide bonds. The third kappa shape index (κ3) is 2.26. The molecule has 2 aliphatic rings. The van der Waals surface area contributed by atoms with Crippen molar-refractivity contribution in [2.24, 2.45) is 5.92 Å². The van der Waals surface area contributed by atoms with Gasteiger partial charge in [0.2, 0.25) is 0 Å². The second-order valence-corrected chi connectivity index (χ2v) is 5.72. The first-order valence-corrected chi connectivity index (χ1v) is 7.59. The molecule has 1 heterocycles. The van der Waals surface area contributed by atoms with Gasteiger partial charge in [-0.15, -0.1) is 0 Å². The summed E-state index contributed by atoms with van der Waals surface area (Å²) in [7, 11) is 0. The predicted molar refractivity (Wildman–Crippen MR) is 79.7 cm³/mol. The fourth-order valence-corrected chi connectivity index (χ4v) is 3.77. The van der Waals surface area contributed by atoms with Gasteiger partial charge in [-0.1, -0.05) is 18.9 Å². The van der Waals surface area contributed by atoms with Crippen LogP contribution in [-0.2, 0) is 0 Å². The van der Waals surface area contributed by atoms with Gasteiger partial charge in [0.15, 0.2) is 0 Å². The van der Waals surface area contributed by atoms with E-state index in [9.17, 15) is 0 Å². The summed E-state index contributed by atoms with van der Waals surface area (Å²) in [4.78, 5) is 2.53. The summed E-state index contributed by atoms with van der Waals surface area (Å²) < 4.78 is 5.62. The van der Waals surface area contributed by atoms with E-state index >= 15 is 0 Å². The Morgan fingerprint density at radius 2 is 2.11 bits per heavy atom. The molecule has 3 heteroatoms. The molecule has 2 unspecified atom stereocenters. The molecule has 0 spiro atoms. The maximum atomic E-state index is 6.30. The summed E-state index contributed by atoms with van der Waals surface area (Å²) in [6.07, 6.45) is 6.81. The molecule has 2 N–H and O–H groups in total. The number of ether oxygens (including phenoxy) is 1. The number of para-hydroxylation sites is 1. The number of rotatable bonds is 3. The molecule has 1 aromatic carbocycles. The smallest absolute Gasteiger partial charge is 0.144 e. The van der Waals surface area contributed by atoms with E-state index < -0.39 is 0 Å². The van der Waals surface area contributed by atoms with E-state index in [1.807, 2.05) is 13.0 Å². The van der Waals surface area contributed by atoms with E-state index in [0.717, 1.165) is 23.9 Å². The van der Waals surface area contributed by atoms with Crippen LogP contribution in [0, 0.1) is 5.92 Å². The van der Waals surface area contributed by atoms with Crippen molar-refractivity contribution in [3.63, 3.8) is 0 Å². The molecule has 1 aromatic rings. The molecule has 3 rings (SSSR count). The molecule has 104 valence electrons. The van der Waals surface area contributed by atoms with Crippen LogP contribution in [0.15, 0.2) is 18.2 Å². The summed E-state index contributed by atoms with van der Waals surface area (Å²) >= 11 is 0. The number of anilines is 2. The molecular formula is C16H24N2O. The Kier molecular flexibility index (Phi) is 3.54. The zero-order valence-corrected chi connectivity index (χ0v) is 11.8. The van der Waals surface area contributed by atoms with E-state index in [0.29, 0.717) is 12.6 Å². The minimum Gasteiger partial charge on any atom is -0.492 e. The Bertz CT molecular complexity index is 446. The molecule has 19 heavy (non-hydrogen) atoms. The van der Waals surface area contributed by atoms with Crippen molar-refractivity contribution in [2.75, 3.05) is 23.8 Å². The Hall–Kier alpha value is -1.38. The van der Waals surface area contributed by atoms with Crippen LogP contribution >= 0.6 is 0 Å². The summed E-state index contributed by atoms with van der Waals surface area (Å²) in [5.74, 6) is 1.71. The monoisotopic (exact) mass is 260 g/mol. The SMILES string of the molecule is CCOc1cccc(N2CCC3CCCCC32)c1N. The lowest BCUT2D eigenvalue weighted by atomic mass is 9.85. The predicted octanol–water partition coefficient (Wildman–Crippen LogP) is 3.44. The topological polar surface area (TPSA) is 38.5 Å². The van der Waals surface area contributed by atoms with Crippen LogP contribution < -0.4 is 15.4 Å². The number of nitrogens with two attached hydrogens (primary N) is 1. The fourth-order valence-electron chi connectivity index (χ4n) is 3.77. The highest BCUT2D eigenvalue weighted by Crippen LogP contribution is 2.42. The highest BCUT2D eigenvalue weighted by Gasteiger charge is 2.36. The van der Waals surface area contributed by atoms with E-state index in [2.05, 4.69) is 17.0 Å². The second-order valence-electron chi connectivity index (χ2n) is 5.72. The third-order valence-corrected chi connectivity index (χ3v) is 4.66. The fraction of sp³-hybridized carbons (Fsp3) is 0.625. The van der Waals surface area contributed by atoms with Crippen molar-refractivity contribution >= 4 is 11.4 Å². The molecule has 3 nitrogen and oxygen atoms in total. The Morgan fingerprint density at radius 1 is 1.26 bits per heavy atom. The standard InChI is InChI=1S/C16H24N2O/c1-2-19-15-9-5-8-14(16(15)17)18-11-10-12-6-3-4-7-13(12)18/h5,8-9,12-13H,2-4,6-7,10-11,17H2,1H3. The lowest BCUT2D eigenvalue weighted by Crippen LogP contribution is -2.35. The first-order valence-electron chi connectivity index (χ1n) is 7.59. The Morgan fingerprint density at radius 3 is 2.95 bits per heavy atom. The number of nitrogen functional groups attached to an aromatic ring is 1. The largest absolute Gasteiger partial charge is 0.492 e. The Labute approximate surface area is 115 Å². The molecule has 1 saturated heterocycles. The zero-order valence-electron chi connectivity index (χ0n) is 11.8.